The van der Waals surface area contributed by atoms with E-state index in [1.54, 1.807) is 31.2 Å². The standard InChI is InChI=1S/C21H30N4O4/c1-4-6-10-13-25-21(28)17-12-9-8-11-16(17)18(24-25)20(27)23-22-19(26)15(3)29-14-7-5-2/h8-9,11-12,15H,4-7,10,13-14H2,1-3H3,(H,22,26)(H,23,27). The molecule has 2 amide bonds. The highest BCUT2D eigenvalue weighted by Crippen LogP contribution is 2.13. The van der Waals surface area contributed by atoms with Crippen LogP contribution in [0.25, 0.3) is 10.8 Å². The Hall–Kier alpha value is -2.74. The summed E-state index contributed by atoms with van der Waals surface area (Å²) in [5.74, 6) is -1.03. The van der Waals surface area contributed by atoms with Crippen LogP contribution in [0.15, 0.2) is 29.1 Å². The second kappa shape index (κ2) is 11.3. The molecule has 2 aromatic rings. The van der Waals surface area contributed by atoms with Crippen LogP contribution in [-0.2, 0) is 16.1 Å². The number of nitrogens with one attached hydrogen (secondary N) is 2. The van der Waals surface area contributed by atoms with Crippen LogP contribution in [0.3, 0.4) is 0 Å². The maximum atomic E-state index is 12.7. The quantitative estimate of drug-likeness (QED) is 0.470. The Morgan fingerprint density at radius 1 is 1.07 bits per heavy atom. The van der Waals surface area contributed by atoms with Gasteiger partial charge in [0.2, 0.25) is 0 Å². The first-order chi connectivity index (χ1) is 14.0. The van der Waals surface area contributed by atoms with Gasteiger partial charge in [-0.05, 0) is 25.8 Å². The van der Waals surface area contributed by atoms with Crippen LogP contribution in [0, 0.1) is 0 Å². The van der Waals surface area contributed by atoms with Crippen molar-refractivity contribution in [1.29, 1.82) is 0 Å². The van der Waals surface area contributed by atoms with Crippen LogP contribution in [-0.4, -0.2) is 34.3 Å². The highest BCUT2D eigenvalue weighted by atomic mass is 16.5. The molecule has 1 heterocycles. The van der Waals surface area contributed by atoms with E-state index in [-0.39, 0.29) is 11.3 Å². The lowest BCUT2D eigenvalue weighted by Crippen LogP contribution is -2.47. The Morgan fingerprint density at radius 3 is 2.45 bits per heavy atom. The largest absolute Gasteiger partial charge is 0.369 e. The zero-order chi connectivity index (χ0) is 21.2. The van der Waals surface area contributed by atoms with E-state index < -0.39 is 17.9 Å². The number of fused-ring (bicyclic) bond motifs is 1. The normalized spacial score (nSPS) is 12.0. The molecule has 8 nitrogen and oxygen atoms in total. The van der Waals surface area contributed by atoms with Crippen molar-refractivity contribution in [3.63, 3.8) is 0 Å². The van der Waals surface area contributed by atoms with Gasteiger partial charge < -0.3 is 4.74 Å². The molecule has 0 spiro atoms. The molecule has 2 N–H and O–H groups in total. The minimum absolute atomic E-state index is 0.0940. The van der Waals surface area contributed by atoms with Crippen molar-refractivity contribution < 1.29 is 14.3 Å². The molecule has 0 bridgehead atoms. The van der Waals surface area contributed by atoms with Gasteiger partial charge in [-0.2, -0.15) is 5.10 Å². The van der Waals surface area contributed by atoms with Gasteiger partial charge in [0.25, 0.3) is 17.4 Å². The second-order valence-corrected chi connectivity index (χ2v) is 6.94. The summed E-state index contributed by atoms with van der Waals surface area (Å²) in [5, 5.41) is 5.14. The number of aryl methyl sites for hydroxylation is 1. The fraction of sp³-hybridized carbons (Fsp3) is 0.524. The van der Waals surface area contributed by atoms with E-state index >= 15 is 0 Å². The fourth-order valence-electron chi connectivity index (χ4n) is 2.83. The van der Waals surface area contributed by atoms with Gasteiger partial charge in [-0.3, -0.25) is 25.2 Å². The van der Waals surface area contributed by atoms with Crippen LogP contribution < -0.4 is 16.4 Å². The molecule has 2 rings (SSSR count). The summed E-state index contributed by atoms with van der Waals surface area (Å²) in [7, 11) is 0. The number of carbonyl (C=O) groups is 2. The number of nitrogens with zero attached hydrogens (tertiary/aromatic N) is 2. The first-order valence-corrected chi connectivity index (χ1v) is 10.2. The van der Waals surface area contributed by atoms with Crippen molar-refractivity contribution in [2.45, 2.75) is 65.5 Å². The molecule has 0 saturated carbocycles. The number of rotatable bonds is 10. The Labute approximate surface area is 170 Å². The average molecular weight is 402 g/mol. The van der Waals surface area contributed by atoms with E-state index in [0.717, 1.165) is 32.1 Å². The summed E-state index contributed by atoms with van der Waals surface area (Å²) >= 11 is 0. The predicted molar refractivity (Wildman–Crippen MR) is 111 cm³/mol. The van der Waals surface area contributed by atoms with Gasteiger partial charge in [0.1, 0.15) is 6.10 Å². The first-order valence-electron chi connectivity index (χ1n) is 10.2. The van der Waals surface area contributed by atoms with Gasteiger partial charge >= 0.3 is 0 Å². The number of hydrogen-bond donors (Lipinski definition) is 2. The Morgan fingerprint density at radius 2 is 1.76 bits per heavy atom. The Balaban J connectivity index is 2.16. The molecule has 0 aliphatic rings. The molecule has 1 atom stereocenters. The van der Waals surface area contributed by atoms with Gasteiger partial charge in [0.05, 0.1) is 5.39 Å². The van der Waals surface area contributed by atoms with Gasteiger partial charge in [-0.15, -0.1) is 0 Å². The smallest absolute Gasteiger partial charge is 0.290 e. The number of ether oxygens (including phenoxy) is 1. The molecule has 158 valence electrons. The van der Waals surface area contributed by atoms with Crippen LogP contribution in [0.5, 0.6) is 0 Å². The summed E-state index contributed by atoms with van der Waals surface area (Å²) in [5.41, 5.74) is 4.62. The Kier molecular flexibility index (Phi) is 8.79. The van der Waals surface area contributed by atoms with E-state index in [2.05, 4.69) is 22.9 Å². The van der Waals surface area contributed by atoms with Gasteiger partial charge in [0, 0.05) is 18.5 Å². The third kappa shape index (κ3) is 6.12. The SMILES string of the molecule is CCCCCn1nc(C(=O)NNC(=O)C(C)OCCCC)c2ccccc2c1=O. The summed E-state index contributed by atoms with van der Waals surface area (Å²) in [6.45, 7) is 6.65. The summed E-state index contributed by atoms with van der Waals surface area (Å²) in [6.07, 6.45) is 3.92. The Bertz CT molecular complexity index is 894. The van der Waals surface area contributed by atoms with Crippen LogP contribution in [0.1, 0.15) is 63.4 Å². The number of hydrogen-bond acceptors (Lipinski definition) is 5. The molecular weight excluding hydrogens is 372 g/mol. The van der Waals surface area contributed by atoms with E-state index in [1.807, 2.05) is 6.92 Å². The van der Waals surface area contributed by atoms with Gasteiger partial charge in [-0.25, -0.2) is 4.68 Å². The lowest BCUT2D eigenvalue weighted by Gasteiger charge is -2.14. The lowest BCUT2D eigenvalue weighted by atomic mass is 10.1. The minimum Gasteiger partial charge on any atom is -0.369 e. The van der Waals surface area contributed by atoms with E-state index in [9.17, 15) is 14.4 Å². The number of carbonyl (C=O) groups excluding carboxylic acids is 2. The monoisotopic (exact) mass is 402 g/mol. The van der Waals surface area contributed by atoms with Crippen molar-refractivity contribution in [3.05, 3.63) is 40.3 Å². The third-order valence-electron chi connectivity index (χ3n) is 4.59. The molecule has 0 aliphatic carbocycles. The topological polar surface area (TPSA) is 102 Å². The molecule has 0 aliphatic heterocycles. The van der Waals surface area contributed by atoms with Crippen molar-refractivity contribution >= 4 is 22.6 Å². The van der Waals surface area contributed by atoms with E-state index in [4.69, 9.17) is 4.74 Å². The van der Waals surface area contributed by atoms with Crippen LogP contribution >= 0.6 is 0 Å². The molecule has 8 heteroatoms. The average Bonchev–Trinajstić information content (AvgIpc) is 2.73. The maximum absolute atomic E-state index is 12.7. The fourth-order valence-corrected chi connectivity index (χ4v) is 2.83. The van der Waals surface area contributed by atoms with Gasteiger partial charge in [-0.1, -0.05) is 51.3 Å². The molecule has 1 unspecified atom stereocenters. The van der Waals surface area contributed by atoms with Crippen molar-refractivity contribution in [1.82, 2.24) is 20.6 Å². The van der Waals surface area contributed by atoms with Crippen LogP contribution in [0.2, 0.25) is 0 Å². The molecule has 1 aromatic carbocycles. The highest BCUT2D eigenvalue weighted by molar-refractivity contribution is 6.05. The first kappa shape index (κ1) is 22.5. The third-order valence-corrected chi connectivity index (χ3v) is 4.59. The van der Waals surface area contributed by atoms with Crippen molar-refractivity contribution in [2.75, 3.05) is 6.61 Å². The molecule has 29 heavy (non-hydrogen) atoms. The number of aromatic nitrogens is 2. The number of amides is 2. The second-order valence-electron chi connectivity index (χ2n) is 6.94. The zero-order valence-corrected chi connectivity index (χ0v) is 17.4. The highest BCUT2D eigenvalue weighted by Gasteiger charge is 2.19. The lowest BCUT2D eigenvalue weighted by molar-refractivity contribution is -0.132. The minimum atomic E-state index is -0.686. The molecule has 0 fully saturated rings. The summed E-state index contributed by atoms with van der Waals surface area (Å²) < 4.78 is 6.74. The molecular formula is C21H30N4O4. The maximum Gasteiger partial charge on any atom is 0.290 e. The molecule has 1 aromatic heterocycles. The summed E-state index contributed by atoms with van der Waals surface area (Å²) in [6, 6.07) is 6.84. The van der Waals surface area contributed by atoms with Crippen LogP contribution in [0.4, 0.5) is 0 Å². The number of benzene rings is 1. The van der Waals surface area contributed by atoms with Gasteiger partial charge in [0.15, 0.2) is 5.69 Å². The van der Waals surface area contributed by atoms with Crippen molar-refractivity contribution in [3.8, 4) is 0 Å². The number of hydrazine groups is 1. The zero-order valence-electron chi connectivity index (χ0n) is 17.4. The molecule has 0 saturated heterocycles. The predicted octanol–water partition coefficient (Wildman–Crippen LogP) is 2.55. The number of unbranched alkanes of at least 4 members (excludes halogenated alkanes) is 3. The molecule has 0 radical (unpaired) electrons. The van der Waals surface area contributed by atoms with E-state index in [1.165, 1.54) is 4.68 Å². The van der Waals surface area contributed by atoms with E-state index in [0.29, 0.717) is 23.9 Å². The van der Waals surface area contributed by atoms with Crippen molar-refractivity contribution in [2.24, 2.45) is 0 Å². The summed E-state index contributed by atoms with van der Waals surface area (Å²) in [4.78, 5) is 37.5.